The van der Waals surface area contributed by atoms with Gasteiger partial charge in [0.2, 0.25) is 17.7 Å². The number of carbonyl (C=O) groups is 3. The van der Waals surface area contributed by atoms with E-state index in [4.69, 9.17) is 11.5 Å². The first-order valence-electron chi connectivity index (χ1n) is 6.84. The van der Waals surface area contributed by atoms with Crippen molar-refractivity contribution in [3.8, 4) is 0 Å². The molecule has 1 saturated heterocycles. The highest BCUT2D eigenvalue weighted by molar-refractivity contribution is 5.88. The summed E-state index contributed by atoms with van der Waals surface area (Å²) < 4.78 is 0. The largest absolute Gasteiger partial charge is 0.368 e. The minimum Gasteiger partial charge on any atom is -0.368 e. The molecule has 2 unspecified atom stereocenters. The van der Waals surface area contributed by atoms with Crippen LogP contribution in [0.5, 0.6) is 0 Å². The average Bonchev–Trinajstić information content (AvgIpc) is 2.73. The van der Waals surface area contributed by atoms with Crippen molar-refractivity contribution < 1.29 is 14.4 Å². The number of primary amides is 1. The molecular formula is C13H26N4O3. The first kappa shape index (κ1) is 18.4. The topological polar surface area (TPSA) is 127 Å². The maximum Gasteiger partial charge on any atom is 0.240 e. The van der Waals surface area contributed by atoms with E-state index < -0.39 is 17.9 Å². The quantitative estimate of drug-likeness (QED) is 0.522. The fourth-order valence-corrected chi connectivity index (χ4v) is 1.65. The van der Waals surface area contributed by atoms with Gasteiger partial charge in [0, 0.05) is 12.5 Å². The summed E-state index contributed by atoms with van der Waals surface area (Å²) in [6.45, 7) is 6.89. The van der Waals surface area contributed by atoms with E-state index in [1.54, 1.807) is 0 Å². The summed E-state index contributed by atoms with van der Waals surface area (Å²) in [5.41, 5.74) is 10.2. The predicted octanol–water partition coefficient (Wildman–Crippen LogP) is -0.896. The SMILES string of the molecule is CC(C)C.NCC(=O)NC(CC1CCNC1=O)C(N)=O. The number of hydrogen-bond acceptors (Lipinski definition) is 4. The molecule has 0 saturated carbocycles. The first-order chi connectivity index (χ1) is 9.27. The summed E-state index contributed by atoms with van der Waals surface area (Å²) in [4.78, 5) is 33.4. The second-order valence-corrected chi connectivity index (χ2v) is 5.47. The number of carbonyl (C=O) groups excluding carboxylic acids is 3. The molecule has 7 nitrogen and oxygen atoms in total. The smallest absolute Gasteiger partial charge is 0.240 e. The predicted molar refractivity (Wildman–Crippen MR) is 76.4 cm³/mol. The number of nitrogens with two attached hydrogens (primary N) is 2. The summed E-state index contributed by atoms with van der Waals surface area (Å²) >= 11 is 0. The van der Waals surface area contributed by atoms with Gasteiger partial charge in [-0.1, -0.05) is 20.8 Å². The van der Waals surface area contributed by atoms with Gasteiger partial charge in [0.25, 0.3) is 0 Å². The Morgan fingerprint density at radius 2 is 1.95 bits per heavy atom. The van der Waals surface area contributed by atoms with Gasteiger partial charge >= 0.3 is 0 Å². The van der Waals surface area contributed by atoms with E-state index in [1.807, 2.05) is 0 Å². The molecule has 7 heteroatoms. The van der Waals surface area contributed by atoms with Crippen molar-refractivity contribution in [3.63, 3.8) is 0 Å². The minimum absolute atomic E-state index is 0.103. The highest BCUT2D eigenvalue weighted by atomic mass is 16.2. The van der Waals surface area contributed by atoms with Gasteiger partial charge in [0.15, 0.2) is 0 Å². The van der Waals surface area contributed by atoms with E-state index >= 15 is 0 Å². The van der Waals surface area contributed by atoms with E-state index in [9.17, 15) is 14.4 Å². The van der Waals surface area contributed by atoms with Crippen molar-refractivity contribution >= 4 is 17.7 Å². The Labute approximate surface area is 119 Å². The van der Waals surface area contributed by atoms with Crippen LogP contribution >= 0.6 is 0 Å². The van der Waals surface area contributed by atoms with E-state index in [2.05, 4.69) is 31.4 Å². The molecule has 1 aliphatic rings. The van der Waals surface area contributed by atoms with Crippen LogP contribution in [0.15, 0.2) is 0 Å². The maximum absolute atomic E-state index is 11.3. The molecule has 0 aromatic heterocycles. The Kier molecular flexibility index (Phi) is 8.54. The summed E-state index contributed by atoms with van der Waals surface area (Å²) in [5.74, 6) is -0.646. The van der Waals surface area contributed by atoms with Crippen LogP contribution in [0, 0.1) is 11.8 Å². The Morgan fingerprint density at radius 1 is 1.40 bits per heavy atom. The molecule has 0 bridgehead atoms. The van der Waals surface area contributed by atoms with Gasteiger partial charge in [-0.15, -0.1) is 0 Å². The number of nitrogens with one attached hydrogen (secondary N) is 2. The molecule has 1 fully saturated rings. The van der Waals surface area contributed by atoms with Crippen molar-refractivity contribution in [1.29, 1.82) is 0 Å². The van der Waals surface area contributed by atoms with Crippen LogP contribution < -0.4 is 22.1 Å². The zero-order chi connectivity index (χ0) is 15.7. The second kappa shape index (κ2) is 9.30. The van der Waals surface area contributed by atoms with Crippen molar-refractivity contribution in [3.05, 3.63) is 0 Å². The van der Waals surface area contributed by atoms with E-state index in [-0.39, 0.29) is 24.8 Å². The molecule has 1 rings (SSSR count). The monoisotopic (exact) mass is 286 g/mol. The summed E-state index contributed by atoms with van der Waals surface area (Å²) in [6, 6.07) is -0.829. The van der Waals surface area contributed by atoms with E-state index in [0.717, 1.165) is 5.92 Å². The third-order valence-corrected chi connectivity index (χ3v) is 2.55. The van der Waals surface area contributed by atoms with Crippen molar-refractivity contribution in [2.45, 2.75) is 39.7 Å². The molecule has 6 N–H and O–H groups in total. The highest BCUT2D eigenvalue weighted by Gasteiger charge is 2.29. The molecule has 0 radical (unpaired) electrons. The molecule has 0 aromatic rings. The van der Waals surface area contributed by atoms with Gasteiger partial charge in [-0.25, -0.2) is 0 Å². The van der Waals surface area contributed by atoms with Crippen LogP contribution in [0.25, 0.3) is 0 Å². The number of rotatable bonds is 5. The van der Waals surface area contributed by atoms with Gasteiger partial charge in [-0.05, 0) is 18.8 Å². The summed E-state index contributed by atoms with van der Waals surface area (Å²) in [7, 11) is 0. The summed E-state index contributed by atoms with van der Waals surface area (Å²) in [5, 5.41) is 5.05. The Balaban J connectivity index is 0.000000796. The van der Waals surface area contributed by atoms with Gasteiger partial charge in [0.1, 0.15) is 6.04 Å². The standard InChI is InChI=1S/C9H16N4O3.C4H10/c10-4-7(14)13-6(8(11)15)3-5-1-2-12-9(5)16;1-4(2)3/h5-6H,1-4,10H2,(H2,11,15)(H,12,16)(H,13,14);4H,1-3H3. The third-order valence-electron chi connectivity index (χ3n) is 2.55. The fraction of sp³-hybridized carbons (Fsp3) is 0.769. The Morgan fingerprint density at radius 3 is 2.30 bits per heavy atom. The summed E-state index contributed by atoms with van der Waals surface area (Å²) in [6.07, 6.45) is 0.883. The molecule has 20 heavy (non-hydrogen) atoms. The Bertz CT molecular complexity index is 342. The normalized spacial score (nSPS) is 18.9. The Hall–Kier alpha value is -1.63. The van der Waals surface area contributed by atoms with Crippen LogP contribution in [-0.4, -0.2) is 36.9 Å². The maximum atomic E-state index is 11.3. The molecule has 3 amide bonds. The molecular weight excluding hydrogens is 260 g/mol. The zero-order valence-corrected chi connectivity index (χ0v) is 12.4. The van der Waals surface area contributed by atoms with Crippen LogP contribution in [0.3, 0.4) is 0 Å². The zero-order valence-electron chi connectivity index (χ0n) is 12.4. The first-order valence-corrected chi connectivity index (χ1v) is 6.84. The average molecular weight is 286 g/mol. The van der Waals surface area contributed by atoms with Crippen LogP contribution in [0.4, 0.5) is 0 Å². The molecule has 0 spiro atoms. The lowest BCUT2D eigenvalue weighted by molar-refractivity contribution is -0.128. The lowest BCUT2D eigenvalue weighted by atomic mass is 9.98. The molecule has 0 aliphatic carbocycles. The van der Waals surface area contributed by atoms with Gasteiger partial charge in [0.05, 0.1) is 6.54 Å². The highest BCUT2D eigenvalue weighted by Crippen LogP contribution is 2.15. The van der Waals surface area contributed by atoms with Crippen LogP contribution in [0.2, 0.25) is 0 Å². The second-order valence-electron chi connectivity index (χ2n) is 5.47. The molecule has 1 aliphatic heterocycles. The lowest BCUT2D eigenvalue weighted by Crippen LogP contribution is -2.48. The number of amides is 3. The van der Waals surface area contributed by atoms with Crippen molar-refractivity contribution in [1.82, 2.24) is 10.6 Å². The molecule has 116 valence electrons. The molecule has 0 aromatic carbocycles. The van der Waals surface area contributed by atoms with Gasteiger partial charge in [-0.3, -0.25) is 14.4 Å². The van der Waals surface area contributed by atoms with Gasteiger partial charge < -0.3 is 22.1 Å². The van der Waals surface area contributed by atoms with Crippen molar-refractivity contribution in [2.75, 3.05) is 13.1 Å². The van der Waals surface area contributed by atoms with Crippen LogP contribution in [-0.2, 0) is 14.4 Å². The fourth-order valence-electron chi connectivity index (χ4n) is 1.65. The molecule has 1 heterocycles. The van der Waals surface area contributed by atoms with Crippen LogP contribution in [0.1, 0.15) is 33.6 Å². The number of hydrogen-bond donors (Lipinski definition) is 4. The molecule has 2 atom stereocenters. The minimum atomic E-state index is -0.829. The van der Waals surface area contributed by atoms with Crippen molar-refractivity contribution in [2.24, 2.45) is 23.3 Å². The van der Waals surface area contributed by atoms with E-state index in [0.29, 0.717) is 13.0 Å². The van der Waals surface area contributed by atoms with E-state index in [1.165, 1.54) is 0 Å². The lowest BCUT2D eigenvalue weighted by Gasteiger charge is -2.17. The van der Waals surface area contributed by atoms with Gasteiger partial charge in [-0.2, -0.15) is 0 Å². The third kappa shape index (κ3) is 7.73.